The SMILES string of the molecule is CC(=O)NC(CN1Cc2cc(Cl)ccc2C1=O)(C(C)=O)c1ccc(C)cc1. The number of ketones is 1. The van der Waals surface area contributed by atoms with E-state index in [0.717, 1.165) is 11.1 Å². The Labute approximate surface area is 163 Å². The Kier molecular flexibility index (Phi) is 5.07. The topological polar surface area (TPSA) is 66.5 Å². The zero-order valence-electron chi connectivity index (χ0n) is 15.5. The van der Waals surface area contributed by atoms with Crippen LogP contribution in [0, 0.1) is 6.92 Å². The van der Waals surface area contributed by atoms with E-state index in [4.69, 9.17) is 11.6 Å². The number of benzene rings is 2. The van der Waals surface area contributed by atoms with Gasteiger partial charge in [0.05, 0.1) is 6.54 Å². The molecular formula is C21H21ClN2O3. The first-order valence-electron chi connectivity index (χ1n) is 8.67. The number of hydrogen-bond acceptors (Lipinski definition) is 3. The third-order valence-corrected chi connectivity index (χ3v) is 5.14. The minimum Gasteiger partial charge on any atom is -0.338 e. The molecule has 1 N–H and O–H groups in total. The molecular weight excluding hydrogens is 364 g/mol. The minimum absolute atomic E-state index is 0.0517. The van der Waals surface area contributed by atoms with Crippen molar-refractivity contribution < 1.29 is 14.4 Å². The van der Waals surface area contributed by atoms with Crippen LogP contribution in [0.25, 0.3) is 0 Å². The highest BCUT2D eigenvalue weighted by Gasteiger charge is 2.43. The highest BCUT2D eigenvalue weighted by atomic mass is 35.5. The van der Waals surface area contributed by atoms with Gasteiger partial charge >= 0.3 is 0 Å². The summed E-state index contributed by atoms with van der Waals surface area (Å²) in [7, 11) is 0. The number of fused-ring (bicyclic) bond motifs is 1. The smallest absolute Gasteiger partial charge is 0.254 e. The molecule has 27 heavy (non-hydrogen) atoms. The quantitative estimate of drug-likeness (QED) is 0.860. The van der Waals surface area contributed by atoms with Crippen molar-refractivity contribution >= 4 is 29.2 Å². The van der Waals surface area contributed by atoms with Crippen LogP contribution < -0.4 is 5.32 Å². The Morgan fingerprint density at radius 3 is 2.41 bits per heavy atom. The van der Waals surface area contributed by atoms with Gasteiger partial charge in [-0.05, 0) is 43.2 Å². The van der Waals surface area contributed by atoms with Crippen LogP contribution in [-0.4, -0.2) is 29.0 Å². The monoisotopic (exact) mass is 384 g/mol. The maximum Gasteiger partial charge on any atom is 0.254 e. The summed E-state index contributed by atoms with van der Waals surface area (Å²) >= 11 is 6.04. The number of aryl methyl sites for hydroxylation is 1. The fourth-order valence-corrected chi connectivity index (χ4v) is 3.70. The first kappa shape index (κ1) is 19.1. The van der Waals surface area contributed by atoms with Crippen LogP contribution in [0.2, 0.25) is 5.02 Å². The van der Waals surface area contributed by atoms with Crippen molar-refractivity contribution in [2.24, 2.45) is 0 Å². The Hall–Kier alpha value is -2.66. The van der Waals surface area contributed by atoms with Gasteiger partial charge in [-0.15, -0.1) is 0 Å². The molecule has 1 atom stereocenters. The zero-order chi connectivity index (χ0) is 19.8. The van der Waals surface area contributed by atoms with Crippen LogP contribution in [0.3, 0.4) is 0 Å². The average molecular weight is 385 g/mol. The number of carbonyl (C=O) groups excluding carboxylic acids is 3. The van der Waals surface area contributed by atoms with Crippen LogP contribution in [0.1, 0.15) is 40.9 Å². The molecule has 6 heteroatoms. The highest BCUT2D eigenvalue weighted by Crippen LogP contribution is 2.31. The summed E-state index contributed by atoms with van der Waals surface area (Å²) in [5.74, 6) is -0.744. The van der Waals surface area contributed by atoms with E-state index in [-0.39, 0.29) is 24.1 Å². The zero-order valence-corrected chi connectivity index (χ0v) is 16.3. The first-order valence-corrected chi connectivity index (χ1v) is 9.05. The lowest BCUT2D eigenvalue weighted by Crippen LogP contribution is -2.57. The minimum atomic E-state index is -1.30. The molecule has 140 valence electrons. The van der Waals surface area contributed by atoms with Gasteiger partial charge in [-0.3, -0.25) is 14.4 Å². The predicted molar refractivity (Wildman–Crippen MR) is 104 cm³/mol. The third kappa shape index (κ3) is 3.60. The summed E-state index contributed by atoms with van der Waals surface area (Å²) in [6, 6.07) is 12.5. The number of nitrogens with zero attached hydrogens (tertiary/aromatic N) is 1. The molecule has 3 rings (SSSR count). The number of hydrogen-bond donors (Lipinski definition) is 1. The van der Waals surface area contributed by atoms with Crippen LogP contribution in [0.4, 0.5) is 0 Å². The summed E-state index contributed by atoms with van der Waals surface area (Å²) in [6.07, 6.45) is 0. The first-order chi connectivity index (χ1) is 12.7. The number of halogens is 1. The van der Waals surface area contributed by atoms with Crippen molar-refractivity contribution in [3.05, 3.63) is 69.7 Å². The second kappa shape index (κ2) is 7.16. The predicted octanol–water partition coefficient (Wildman–Crippen LogP) is 3.22. The van der Waals surface area contributed by atoms with Gasteiger partial charge in [0.2, 0.25) is 5.91 Å². The molecule has 0 saturated heterocycles. The lowest BCUT2D eigenvalue weighted by Gasteiger charge is -2.36. The van der Waals surface area contributed by atoms with Crippen molar-refractivity contribution in [3.8, 4) is 0 Å². The number of Topliss-reactive ketones (excluding diaryl/α,β-unsaturated/α-hetero) is 1. The molecule has 1 unspecified atom stereocenters. The maximum atomic E-state index is 12.8. The number of rotatable bonds is 5. The second-order valence-electron chi connectivity index (χ2n) is 6.97. The van der Waals surface area contributed by atoms with E-state index in [0.29, 0.717) is 22.7 Å². The van der Waals surface area contributed by atoms with Gasteiger partial charge in [-0.25, -0.2) is 0 Å². The number of nitrogens with one attached hydrogen (secondary N) is 1. The molecule has 0 radical (unpaired) electrons. The molecule has 0 fully saturated rings. The van der Waals surface area contributed by atoms with E-state index < -0.39 is 5.54 Å². The second-order valence-corrected chi connectivity index (χ2v) is 7.41. The summed E-state index contributed by atoms with van der Waals surface area (Å²) in [5.41, 5.74) is 1.78. The fourth-order valence-electron chi connectivity index (χ4n) is 3.51. The van der Waals surface area contributed by atoms with E-state index in [9.17, 15) is 14.4 Å². The Morgan fingerprint density at radius 1 is 1.15 bits per heavy atom. The number of carbonyl (C=O) groups is 3. The van der Waals surface area contributed by atoms with E-state index in [1.165, 1.54) is 13.8 Å². The molecule has 0 spiro atoms. The molecule has 2 aromatic rings. The lowest BCUT2D eigenvalue weighted by atomic mass is 9.84. The largest absolute Gasteiger partial charge is 0.338 e. The highest BCUT2D eigenvalue weighted by molar-refractivity contribution is 6.30. The summed E-state index contributed by atoms with van der Waals surface area (Å²) in [6.45, 7) is 5.14. The van der Waals surface area contributed by atoms with Crippen LogP contribution >= 0.6 is 11.6 Å². The van der Waals surface area contributed by atoms with E-state index in [1.807, 2.05) is 31.2 Å². The molecule has 2 aromatic carbocycles. The van der Waals surface area contributed by atoms with Gasteiger partial charge < -0.3 is 10.2 Å². The molecule has 0 bridgehead atoms. The molecule has 0 saturated carbocycles. The third-order valence-electron chi connectivity index (χ3n) is 4.91. The van der Waals surface area contributed by atoms with Gasteiger partial charge in [0, 0.05) is 24.1 Å². The standard InChI is InChI=1S/C21H21ClN2O3/c1-13-4-6-17(7-5-13)21(14(2)25,23-15(3)26)12-24-11-16-10-18(22)8-9-19(16)20(24)27/h4-10H,11-12H2,1-3H3,(H,23,26). The van der Waals surface area contributed by atoms with Crippen LogP contribution in [0.5, 0.6) is 0 Å². The fraction of sp³-hybridized carbons (Fsp3) is 0.286. The summed E-state index contributed by atoms with van der Waals surface area (Å²) in [4.78, 5) is 39.1. The van der Waals surface area contributed by atoms with Gasteiger partial charge in [-0.1, -0.05) is 41.4 Å². The van der Waals surface area contributed by atoms with Crippen molar-refractivity contribution in [1.82, 2.24) is 10.2 Å². The van der Waals surface area contributed by atoms with Crippen molar-refractivity contribution in [3.63, 3.8) is 0 Å². The van der Waals surface area contributed by atoms with E-state index in [2.05, 4.69) is 5.32 Å². The van der Waals surface area contributed by atoms with Gasteiger partial charge in [-0.2, -0.15) is 0 Å². The van der Waals surface area contributed by atoms with Crippen molar-refractivity contribution in [2.75, 3.05) is 6.54 Å². The summed E-state index contributed by atoms with van der Waals surface area (Å²) in [5, 5.41) is 3.36. The normalized spacial score (nSPS) is 15.3. The van der Waals surface area contributed by atoms with E-state index >= 15 is 0 Å². The van der Waals surface area contributed by atoms with Crippen molar-refractivity contribution in [1.29, 1.82) is 0 Å². The van der Waals surface area contributed by atoms with E-state index in [1.54, 1.807) is 23.1 Å². The van der Waals surface area contributed by atoms with Gasteiger partial charge in [0.25, 0.3) is 5.91 Å². The Balaban J connectivity index is 2.02. The maximum absolute atomic E-state index is 12.8. The van der Waals surface area contributed by atoms with Gasteiger partial charge in [0.1, 0.15) is 5.54 Å². The van der Waals surface area contributed by atoms with Crippen LogP contribution in [-0.2, 0) is 21.7 Å². The Bertz CT molecular complexity index is 924. The average Bonchev–Trinajstić information content (AvgIpc) is 2.89. The molecule has 2 amide bonds. The lowest BCUT2D eigenvalue weighted by molar-refractivity contribution is -0.131. The molecule has 1 aliphatic rings. The summed E-state index contributed by atoms with van der Waals surface area (Å²) < 4.78 is 0. The molecule has 0 aromatic heterocycles. The molecule has 0 aliphatic carbocycles. The van der Waals surface area contributed by atoms with Gasteiger partial charge in [0.15, 0.2) is 5.78 Å². The molecule has 5 nitrogen and oxygen atoms in total. The van der Waals surface area contributed by atoms with Crippen LogP contribution in [0.15, 0.2) is 42.5 Å². The van der Waals surface area contributed by atoms with Crippen molar-refractivity contribution in [2.45, 2.75) is 32.9 Å². The molecule has 1 heterocycles. The molecule has 1 aliphatic heterocycles. The Morgan fingerprint density at radius 2 is 1.81 bits per heavy atom. The number of amides is 2.